The van der Waals surface area contributed by atoms with Crippen molar-refractivity contribution < 1.29 is 4.74 Å². The van der Waals surface area contributed by atoms with Gasteiger partial charge in [0.15, 0.2) is 0 Å². The average molecular weight is 364 g/mol. The summed E-state index contributed by atoms with van der Waals surface area (Å²) in [6, 6.07) is 0. The maximum Gasteiger partial charge on any atom is 0.0946 e. The number of epoxide rings is 1. The second-order valence-corrected chi connectivity index (χ2v) is 8.19. The summed E-state index contributed by atoms with van der Waals surface area (Å²) in [5.74, 6) is 0. The lowest BCUT2D eigenvalue weighted by atomic mass is 9.92. The van der Waals surface area contributed by atoms with Crippen molar-refractivity contribution in [3.8, 4) is 0 Å². The Bertz CT molecular complexity index is 283. The fourth-order valence-corrected chi connectivity index (χ4v) is 3.55. The predicted molar refractivity (Wildman–Crippen MR) is 111 cm³/mol. The van der Waals surface area contributed by atoms with Crippen LogP contribution in [-0.2, 0) is 4.74 Å². The molecule has 1 aliphatic heterocycles. The Kier molecular flexibility index (Phi) is 15.8. The molecule has 0 amide bonds. The normalized spacial score (nSPS) is 21.0. The molecule has 148 valence electrons. The maximum atomic E-state index is 5.81. The summed E-state index contributed by atoms with van der Waals surface area (Å²) in [6.07, 6.45) is 21.4. The van der Waals surface area contributed by atoms with Gasteiger partial charge in [0.25, 0.3) is 0 Å². The minimum atomic E-state index is 0. The molecule has 2 nitrogen and oxygen atoms in total. The zero-order valence-electron chi connectivity index (χ0n) is 17.1. The minimum absolute atomic E-state index is 0. The van der Waals surface area contributed by atoms with Gasteiger partial charge in [0.1, 0.15) is 0 Å². The molecule has 0 bridgehead atoms. The van der Waals surface area contributed by atoms with Crippen LogP contribution in [0, 0.1) is 0 Å². The largest absolute Gasteiger partial charge is 0.363 e. The van der Waals surface area contributed by atoms with Gasteiger partial charge in [-0.05, 0) is 27.2 Å². The Labute approximate surface area is 158 Å². The summed E-state index contributed by atoms with van der Waals surface area (Å²) in [6.45, 7) is 9.00. The molecule has 0 aliphatic carbocycles. The lowest BCUT2D eigenvalue weighted by Gasteiger charge is -2.08. The monoisotopic (exact) mass is 363 g/mol. The van der Waals surface area contributed by atoms with Crippen LogP contribution in [0.3, 0.4) is 0 Å². The molecule has 0 radical (unpaired) electrons. The highest BCUT2D eigenvalue weighted by molar-refractivity contribution is 5.85. The summed E-state index contributed by atoms with van der Waals surface area (Å²) >= 11 is 0. The standard InChI is InChI=1S/C21H42O.ClH.H3N/c1-5-6-7-8-9-10-11-12-13-14-15-16-17-18-19-21(4)20(2,3)22-21;;/h5-19H2,1-4H3;1H;1H3. The number of ether oxygens (including phenoxy) is 1. The highest BCUT2D eigenvalue weighted by atomic mass is 35.5. The van der Waals surface area contributed by atoms with Gasteiger partial charge in [0, 0.05) is 0 Å². The molecule has 1 rings (SSSR count). The predicted octanol–water partition coefficient (Wildman–Crippen LogP) is 8.01. The van der Waals surface area contributed by atoms with Gasteiger partial charge in [0.2, 0.25) is 0 Å². The van der Waals surface area contributed by atoms with Crippen LogP contribution in [0.25, 0.3) is 0 Å². The molecular weight excluding hydrogens is 318 g/mol. The fraction of sp³-hybridized carbons (Fsp3) is 1.00. The first-order valence-corrected chi connectivity index (χ1v) is 10.2. The van der Waals surface area contributed by atoms with E-state index in [2.05, 4.69) is 27.7 Å². The van der Waals surface area contributed by atoms with E-state index in [-0.39, 0.29) is 29.8 Å². The molecule has 1 fully saturated rings. The zero-order valence-corrected chi connectivity index (χ0v) is 17.9. The smallest absolute Gasteiger partial charge is 0.0946 e. The second-order valence-electron chi connectivity index (χ2n) is 8.19. The van der Waals surface area contributed by atoms with Crippen LogP contribution in [-0.4, -0.2) is 11.2 Å². The van der Waals surface area contributed by atoms with Crippen molar-refractivity contribution in [2.75, 3.05) is 0 Å². The fourth-order valence-electron chi connectivity index (χ4n) is 3.55. The van der Waals surface area contributed by atoms with Gasteiger partial charge in [-0.15, -0.1) is 12.4 Å². The molecule has 3 heteroatoms. The topological polar surface area (TPSA) is 47.5 Å². The van der Waals surface area contributed by atoms with Crippen molar-refractivity contribution in [3.63, 3.8) is 0 Å². The van der Waals surface area contributed by atoms with Crippen LogP contribution in [0.2, 0.25) is 0 Å². The van der Waals surface area contributed by atoms with Gasteiger partial charge in [-0.2, -0.15) is 0 Å². The van der Waals surface area contributed by atoms with Crippen LogP contribution >= 0.6 is 12.4 Å². The number of hydrogen-bond acceptors (Lipinski definition) is 2. The number of halogens is 1. The van der Waals surface area contributed by atoms with Gasteiger partial charge in [-0.1, -0.05) is 96.8 Å². The van der Waals surface area contributed by atoms with E-state index in [0.717, 1.165) is 0 Å². The van der Waals surface area contributed by atoms with Gasteiger partial charge < -0.3 is 10.9 Å². The van der Waals surface area contributed by atoms with E-state index >= 15 is 0 Å². The maximum absolute atomic E-state index is 5.81. The van der Waals surface area contributed by atoms with Crippen molar-refractivity contribution in [3.05, 3.63) is 0 Å². The average Bonchev–Trinajstić information content (AvgIpc) is 2.97. The van der Waals surface area contributed by atoms with Crippen LogP contribution in [0.1, 0.15) is 124 Å². The zero-order chi connectivity index (χ0) is 16.3. The van der Waals surface area contributed by atoms with Crippen molar-refractivity contribution >= 4 is 12.4 Å². The summed E-state index contributed by atoms with van der Waals surface area (Å²) < 4.78 is 5.81. The molecule has 1 saturated heterocycles. The SMILES string of the molecule is CCCCCCCCCCCCCCCCC1(C)OC1(C)C.Cl.N. The molecule has 24 heavy (non-hydrogen) atoms. The van der Waals surface area contributed by atoms with E-state index in [9.17, 15) is 0 Å². The molecule has 1 unspecified atom stereocenters. The van der Waals surface area contributed by atoms with E-state index in [0.29, 0.717) is 0 Å². The van der Waals surface area contributed by atoms with Crippen molar-refractivity contribution in [2.45, 2.75) is 135 Å². The molecule has 0 aromatic heterocycles. The quantitative estimate of drug-likeness (QED) is 0.236. The van der Waals surface area contributed by atoms with Crippen molar-refractivity contribution in [1.82, 2.24) is 6.15 Å². The molecule has 0 aromatic carbocycles. The molecule has 3 N–H and O–H groups in total. The Morgan fingerprint density at radius 3 is 1.17 bits per heavy atom. The van der Waals surface area contributed by atoms with E-state index in [4.69, 9.17) is 4.74 Å². The Morgan fingerprint density at radius 1 is 0.583 bits per heavy atom. The lowest BCUT2D eigenvalue weighted by Crippen LogP contribution is -2.15. The minimum Gasteiger partial charge on any atom is -0.363 e. The molecule has 1 aliphatic rings. The number of unbranched alkanes of at least 4 members (excludes halogenated alkanes) is 13. The summed E-state index contributed by atoms with van der Waals surface area (Å²) in [7, 11) is 0. The van der Waals surface area contributed by atoms with Crippen LogP contribution in [0.15, 0.2) is 0 Å². The summed E-state index contributed by atoms with van der Waals surface area (Å²) in [5.41, 5.74) is 0.327. The summed E-state index contributed by atoms with van der Waals surface area (Å²) in [4.78, 5) is 0. The first-order valence-electron chi connectivity index (χ1n) is 10.2. The van der Waals surface area contributed by atoms with E-state index in [1.165, 1.54) is 96.3 Å². The molecule has 1 atom stereocenters. The summed E-state index contributed by atoms with van der Waals surface area (Å²) in [5, 5.41) is 0. The van der Waals surface area contributed by atoms with Gasteiger partial charge >= 0.3 is 0 Å². The van der Waals surface area contributed by atoms with Crippen LogP contribution in [0.4, 0.5) is 0 Å². The number of hydrogen-bond donors (Lipinski definition) is 1. The van der Waals surface area contributed by atoms with Gasteiger partial charge in [-0.25, -0.2) is 0 Å². The van der Waals surface area contributed by atoms with Gasteiger partial charge in [-0.3, -0.25) is 0 Å². The molecule has 0 spiro atoms. The Balaban J connectivity index is 0. The van der Waals surface area contributed by atoms with E-state index in [1.807, 2.05) is 0 Å². The third-order valence-corrected chi connectivity index (χ3v) is 5.72. The first-order chi connectivity index (χ1) is 10.5. The van der Waals surface area contributed by atoms with Crippen molar-refractivity contribution in [2.24, 2.45) is 0 Å². The van der Waals surface area contributed by atoms with E-state index < -0.39 is 0 Å². The lowest BCUT2D eigenvalue weighted by molar-refractivity contribution is 0.273. The molecular formula is C21H46ClNO. The molecule has 0 saturated carbocycles. The third kappa shape index (κ3) is 10.9. The van der Waals surface area contributed by atoms with Gasteiger partial charge in [0.05, 0.1) is 11.2 Å². The second kappa shape index (κ2) is 14.4. The Morgan fingerprint density at radius 2 is 0.875 bits per heavy atom. The Hall–Kier alpha value is 0.210. The van der Waals surface area contributed by atoms with Crippen LogP contribution < -0.4 is 6.15 Å². The third-order valence-electron chi connectivity index (χ3n) is 5.72. The number of rotatable bonds is 15. The van der Waals surface area contributed by atoms with Crippen LogP contribution in [0.5, 0.6) is 0 Å². The highest BCUT2D eigenvalue weighted by Gasteiger charge is 2.58. The molecule has 0 aromatic rings. The van der Waals surface area contributed by atoms with Crippen molar-refractivity contribution in [1.29, 1.82) is 0 Å². The first kappa shape index (κ1) is 26.4. The van der Waals surface area contributed by atoms with E-state index in [1.54, 1.807) is 0 Å². The molecule has 1 heterocycles. The highest BCUT2D eigenvalue weighted by Crippen LogP contribution is 2.50.